The predicted octanol–water partition coefficient (Wildman–Crippen LogP) is 1.21. The van der Waals surface area contributed by atoms with E-state index in [0.29, 0.717) is 5.56 Å². The summed E-state index contributed by atoms with van der Waals surface area (Å²) >= 11 is 0. The van der Waals surface area contributed by atoms with Gasteiger partial charge in [0.15, 0.2) is 0 Å². The number of nitro benzene ring substituents is 1. The van der Waals surface area contributed by atoms with Crippen molar-refractivity contribution in [2.24, 2.45) is 0 Å². The van der Waals surface area contributed by atoms with E-state index in [-0.39, 0.29) is 23.2 Å². The SMILES string of the molecule is Cc1cc2c(c([N+](=O)[O-])c1)CC(=O)C2=O. The van der Waals surface area contributed by atoms with Gasteiger partial charge in [0.05, 0.1) is 4.92 Å². The number of hydrogen-bond donors (Lipinski definition) is 0. The molecule has 1 aliphatic carbocycles. The van der Waals surface area contributed by atoms with Crippen molar-refractivity contribution in [1.82, 2.24) is 0 Å². The van der Waals surface area contributed by atoms with Gasteiger partial charge in [-0.2, -0.15) is 0 Å². The first-order chi connectivity index (χ1) is 7.00. The number of carbonyl (C=O) groups is 2. The van der Waals surface area contributed by atoms with Gasteiger partial charge in [0.25, 0.3) is 5.69 Å². The lowest BCUT2D eigenvalue weighted by Crippen LogP contribution is -2.05. The summed E-state index contributed by atoms with van der Waals surface area (Å²) in [4.78, 5) is 32.6. The van der Waals surface area contributed by atoms with E-state index >= 15 is 0 Å². The Hall–Kier alpha value is -2.04. The van der Waals surface area contributed by atoms with Crippen LogP contribution in [0.1, 0.15) is 21.5 Å². The van der Waals surface area contributed by atoms with Crippen molar-refractivity contribution in [3.05, 3.63) is 38.9 Å². The van der Waals surface area contributed by atoms with E-state index in [1.807, 2.05) is 0 Å². The summed E-state index contributed by atoms with van der Waals surface area (Å²) in [7, 11) is 0. The van der Waals surface area contributed by atoms with Crippen molar-refractivity contribution < 1.29 is 14.5 Å². The number of fused-ring (bicyclic) bond motifs is 1. The van der Waals surface area contributed by atoms with Crippen LogP contribution < -0.4 is 0 Å². The summed E-state index contributed by atoms with van der Waals surface area (Å²) in [5, 5.41) is 10.7. The Morgan fingerprint density at radius 3 is 2.60 bits per heavy atom. The van der Waals surface area contributed by atoms with E-state index in [9.17, 15) is 19.7 Å². The second kappa shape index (κ2) is 2.98. The molecule has 15 heavy (non-hydrogen) atoms. The molecule has 0 aromatic heterocycles. The van der Waals surface area contributed by atoms with Gasteiger partial charge in [-0.25, -0.2) is 0 Å². The number of nitro groups is 1. The first-order valence-electron chi connectivity index (χ1n) is 4.36. The van der Waals surface area contributed by atoms with Crippen LogP contribution in [0.25, 0.3) is 0 Å². The average molecular weight is 205 g/mol. The molecule has 0 saturated carbocycles. The van der Waals surface area contributed by atoms with E-state index in [2.05, 4.69) is 0 Å². The Kier molecular flexibility index (Phi) is 1.89. The lowest BCUT2D eigenvalue weighted by molar-refractivity contribution is -0.385. The molecule has 0 bridgehead atoms. The number of rotatable bonds is 1. The lowest BCUT2D eigenvalue weighted by atomic mass is 10.0. The molecule has 2 rings (SSSR count). The lowest BCUT2D eigenvalue weighted by Gasteiger charge is -2.00. The Morgan fingerprint density at radius 2 is 2.00 bits per heavy atom. The summed E-state index contributed by atoms with van der Waals surface area (Å²) in [6.07, 6.45) is -0.148. The van der Waals surface area contributed by atoms with E-state index in [1.54, 1.807) is 6.92 Å². The zero-order chi connectivity index (χ0) is 11.2. The first-order valence-corrected chi connectivity index (χ1v) is 4.36. The molecule has 0 fully saturated rings. The molecule has 0 N–H and O–H groups in total. The number of aryl methyl sites for hydroxylation is 1. The quantitative estimate of drug-likeness (QED) is 0.392. The number of benzene rings is 1. The molecule has 0 heterocycles. The zero-order valence-electron chi connectivity index (χ0n) is 7.94. The minimum absolute atomic E-state index is 0.135. The molecule has 5 heteroatoms. The van der Waals surface area contributed by atoms with Crippen molar-refractivity contribution in [3.63, 3.8) is 0 Å². The number of carbonyl (C=O) groups excluding carboxylic acids is 2. The maximum Gasteiger partial charge on any atom is 0.274 e. The van der Waals surface area contributed by atoms with Gasteiger partial charge in [0, 0.05) is 23.6 Å². The van der Waals surface area contributed by atoms with Gasteiger partial charge in [-0.15, -0.1) is 0 Å². The van der Waals surface area contributed by atoms with Crippen LogP contribution in [0, 0.1) is 17.0 Å². The average Bonchev–Trinajstić information content (AvgIpc) is 2.43. The molecule has 76 valence electrons. The normalized spacial score (nSPS) is 14.2. The summed E-state index contributed by atoms with van der Waals surface area (Å²) < 4.78 is 0. The summed E-state index contributed by atoms with van der Waals surface area (Å²) in [5.74, 6) is -1.18. The molecule has 1 aliphatic rings. The highest BCUT2D eigenvalue weighted by molar-refractivity contribution is 6.47. The Labute approximate surface area is 84.9 Å². The van der Waals surface area contributed by atoms with E-state index in [0.717, 1.165) is 0 Å². The van der Waals surface area contributed by atoms with Gasteiger partial charge in [0.2, 0.25) is 11.6 Å². The van der Waals surface area contributed by atoms with Crippen LogP contribution in [0.4, 0.5) is 5.69 Å². The van der Waals surface area contributed by atoms with Gasteiger partial charge < -0.3 is 0 Å². The molecular formula is C10H7NO4. The van der Waals surface area contributed by atoms with Gasteiger partial charge in [-0.05, 0) is 18.6 Å². The Morgan fingerprint density at radius 1 is 1.33 bits per heavy atom. The third-order valence-corrected chi connectivity index (χ3v) is 2.40. The highest BCUT2D eigenvalue weighted by atomic mass is 16.6. The summed E-state index contributed by atoms with van der Waals surface area (Å²) in [6.45, 7) is 1.66. The van der Waals surface area contributed by atoms with Crippen LogP contribution >= 0.6 is 0 Å². The van der Waals surface area contributed by atoms with Crippen LogP contribution in [0.15, 0.2) is 12.1 Å². The summed E-state index contributed by atoms with van der Waals surface area (Å²) in [6, 6.07) is 2.90. The third-order valence-electron chi connectivity index (χ3n) is 2.40. The highest BCUT2D eigenvalue weighted by Crippen LogP contribution is 2.30. The van der Waals surface area contributed by atoms with Gasteiger partial charge >= 0.3 is 0 Å². The second-order valence-electron chi connectivity index (χ2n) is 3.50. The van der Waals surface area contributed by atoms with Gasteiger partial charge in [-0.1, -0.05) is 0 Å². The van der Waals surface area contributed by atoms with Crippen molar-refractivity contribution in [2.45, 2.75) is 13.3 Å². The molecule has 0 unspecified atom stereocenters. The summed E-state index contributed by atoms with van der Waals surface area (Å²) in [5.41, 5.74) is 0.917. The van der Waals surface area contributed by atoms with Gasteiger partial charge in [0.1, 0.15) is 0 Å². The molecule has 0 aliphatic heterocycles. The molecular weight excluding hydrogens is 198 g/mol. The second-order valence-corrected chi connectivity index (χ2v) is 3.50. The topological polar surface area (TPSA) is 77.3 Å². The van der Waals surface area contributed by atoms with Crippen LogP contribution in [-0.4, -0.2) is 16.5 Å². The minimum Gasteiger partial charge on any atom is -0.290 e. The molecule has 5 nitrogen and oxygen atoms in total. The van der Waals surface area contributed by atoms with Gasteiger partial charge in [-0.3, -0.25) is 19.7 Å². The fourth-order valence-corrected chi connectivity index (χ4v) is 1.74. The smallest absolute Gasteiger partial charge is 0.274 e. The Bertz CT molecular complexity index is 504. The van der Waals surface area contributed by atoms with Crippen molar-refractivity contribution in [3.8, 4) is 0 Å². The zero-order valence-corrected chi connectivity index (χ0v) is 7.94. The van der Waals surface area contributed by atoms with Crippen LogP contribution in [0.3, 0.4) is 0 Å². The van der Waals surface area contributed by atoms with Crippen LogP contribution in [-0.2, 0) is 11.2 Å². The van der Waals surface area contributed by atoms with Crippen LogP contribution in [0.5, 0.6) is 0 Å². The minimum atomic E-state index is -0.614. The molecule has 0 atom stereocenters. The fraction of sp³-hybridized carbons (Fsp3) is 0.200. The maximum absolute atomic E-state index is 11.4. The van der Waals surface area contributed by atoms with Crippen LogP contribution in [0.2, 0.25) is 0 Å². The first kappa shape index (κ1) is 9.51. The fourth-order valence-electron chi connectivity index (χ4n) is 1.74. The van der Waals surface area contributed by atoms with E-state index < -0.39 is 16.5 Å². The molecule has 1 aromatic rings. The standard InChI is InChI=1S/C10H7NO4/c1-5-2-7-6(4-9(12)10(7)13)8(3-5)11(14)15/h2-3H,4H2,1H3. The largest absolute Gasteiger partial charge is 0.290 e. The molecule has 0 saturated heterocycles. The Balaban J connectivity index is 2.73. The number of hydrogen-bond acceptors (Lipinski definition) is 4. The monoisotopic (exact) mass is 205 g/mol. The number of nitrogens with zero attached hydrogens (tertiary/aromatic N) is 1. The van der Waals surface area contributed by atoms with Crippen molar-refractivity contribution >= 4 is 17.3 Å². The maximum atomic E-state index is 11.4. The van der Waals surface area contributed by atoms with E-state index in [1.165, 1.54) is 12.1 Å². The third kappa shape index (κ3) is 1.32. The predicted molar refractivity (Wildman–Crippen MR) is 50.9 cm³/mol. The molecule has 0 radical (unpaired) electrons. The number of Topliss-reactive ketones (excluding diaryl/α,β-unsaturated/α-hetero) is 2. The van der Waals surface area contributed by atoms with Crippen molar-refractivity contribution in [1.29, 1.82) is 0 Å². The number of ketones is 2. The molecule has 0 amide bonds. The molecule has 0 spiro atoms. The highest BCUT2D eigenvalue weighted by Gasteiger charge is 2.34. The molecule has 1 aromatic carbocycles. The van der Waals surface area contributed by atoms with Crippen molar-refractivity contribution in [2.75, 3.05) is 0 Å². The van der Waals surface area contributed by atoms with E-state index in [4.69, 9.17) is 0 Å².